The van der Waals surface area contributed by atoms with Crippen LogP contribution in [0.2, 0.25) is 0 Å². The van der Waals surface area contributed by atoms with Crippen LogP contribution in [0, 0.1) is 11.8 Å². The molecule has 0 radical (unpaired) electrons. The van der Waals surface area contributed by atoms with E-state index in [0.717, 1.165) is 4.88 Å². The van der Waals surface area contributed by atoms with E-state index >= 15 is 0 Å². The molecule has 0 aliphatic carbocycles. The zero-order valence-corrected chi connectivity index (χ0v) is 12.1. The van der Waals surface area contributed by atoms with Crippen molar-refractivity contribution in [3.05, 3.63) is 21.9 Å². The van der Waals surface area contributed by atoms with E-state index in [1.807, 2.05) is 13.0 Å². The third kappa shape index (κ3) is 5.03. The number of hydrogen-bond donors (Lipinski definition) is 1. The summed E-state index contributed by atoms with van der Waals surface area (Å²) in [7, 11) is 1.62. The van der Waals surface area contributed by atoms with E-state index in [-0.39, 0.29) is 12.5 Å². The Bertz CT molecular complexity index is 459. The Balaban J connectivity index is 2.69. The van der Waals surface area contributed by atoms with E-state index in [9.17, 15) is 4.79 Å². The van der Waals surface area contributed by atoms with Crippen LogP contribution in [0.5, 0.6) is 0 Å². The zero-order valence-electron chi connectivity index (χ0n) is 11.3. The molecule has 1 rings (SSSR count). The summed E-state index contributed by atoms with van der Waals surface area (Å²) in [6.45, 7) is 3.79. The van der Waals surface area contributed by atoms with Gasteiger partial charge in [0.05, 0.1) is 23.0 Å². The van der Waals surface area contributed by atoms with Gasteiger partial charge < -0.3 is 14.7 Å². The molecule has 1 aromatic heterocycles. The summed E-state index contributed by atoms with van der Waals surface area (Å²) in [5, 5.41) is 8.65. The van der Waals surface area contributed by atoms with Crippen LogP contribution in [0.3, 0.4) is 0 Å². The second-order valence-electron chi connectivity index (χ2n) is 3.82. The van der Waals surface area contributed by atoms with Gasteiger partial charge in [0, 0.05) is 26.6 Å². The van der Waals surface area contributed by atoms with Crippen molar-refractivity contribution in [2.24, 2.45) is 0 Å². The average Bonchev–Trinajstić information content (AvgIpc) is 2.88. The molecule has 1 amide bonds. The summed E-state index contributed by atoms with van der Waals surface area (Å²) in [5.74, 6) is 5.79. The number of aliphatic hydroxyl groups excluding tert-OH is 1. The smallest absolute Gasteiger partial charge is 0.264 e. The molecule has 4 nitrogen and oxygen atoms in total. The Kier molecular flexibility index (Phi) is 7.19. The maximum atomic E-state index is 12.2. The highest BCUT2D eigenvalue weighted by Crippen LogP contribution is 2.17. The molecule has 1 heterocycles. The van der Waals surface area contributed by atoms with Gasteiger partial charge in [-0.3, -0.25) is 4.79 Å². The lowest BCUT2D eigenvalue weighted by molar-refractivity contribution is 0.0711. The topological polar surface area (TPSA) is 49.8 Å². The molecule has 0 aliphatic rings. The number of rotatable bonds is 6. The highest BCUT2D eigenvalue weighted by Gasteiger charge is 2.15. The van der Waals surface area contributed by atoms with Crippen LogP contribution in [0.1, 0.15) is 27.9 Å². The minimum Gasteiger partial charge on any atom is -0.395 e. The third-order valence-electron chi connectivity index (χ3n) is 2.50. The van der Waals surface area contributed by atoms with Crippen molar-refractivity contribution in [2.45, 2.75) is 13.3 Å². The lowest BCUT2D eigenvalue weighted by Crippen LogP contribution is -2.33. The van der Waals surface area contributed by atoms with Gasteiger partial charge in [0.25, 0.3) is 5.91 Å². The molecule has 19 heavy (non-hydrogen) atoms. The van der Waals surface area contributed by atoms with E-state index < -0.39 is 0 Å². The summed E-state index contributed by atoms with van der Waals surface area (Å²) in [6, 6.07) is 3.64. The lowest BCUT2D eigenvalue weighted by Gasteiger charge is -2.19. The third-order valence-corrected chi connectivity index (χ3v) is 3.49. The number of carbonyl (C=O) groups excluding carboxylic acids is 1. The molecule has 0 unspecified atom stereocenters. The number of carbonyl (C=O) groups is 1. The molecule has 0 saturated carbocycles. The quantitative estimate of drug-likeness (QED) is 0.806. The molecule has 0 atom stereocenters. The van der Waals surface area contributed by atoms with E-state index in [2.05, 4.69) is 11.8 Å². The fourth-order valence-electron chi connectivity index (χ4n) is 1.49. The molecule has 0 aliphatic heterocycles. The van der Waals surface area contributed by atoms with Crippen LogP contribution in [-0.4, -0.2) is 49.3 Å². The molecule has 1 aromatic rings. The fraction of sp³-hybridized carbons (Fsp3) is 0.500. The highest BCUT2D eigenvalue weighted by atomic mass is 32.1. The number of likely N-dealkylation sites (N-methyl/N-ethyl adjacent to an activating group) is 1. The molecular weight excluding hydrogens is 262 g/mol. The molecule has 1 N–H and O–H groups in total. The van der Waals surface area contributed by atoms with Crippen molar-refractivity contribution < 1.29 is 14.6 Å². The van der Waals surface area contributed by atoms with E-state index in [1.165, 1.54) is 11.3 Å². The van der Waals surface area contributed by atoms with Crippen LogP contribution in [0.15, 0.2) is 12.1 Å². The van der Waals surface area contributed by atoms with Crippen molar-refractivity contribution in [3.8, 4) is 11.8 Å². The Labute approximate surface area is 118 Å². The van der Waals surface area contributed by atoms with Crippen LogP contribution >= 0.6 is 11.3 Å². The van der Waals surface area contributed by atoms with Gasteiger partial charge >= 0.3 is 0 Å². The van der Waals surface area contributed by atoms with Crippen molar-refractivity contribution in [3.63, 3.8) is 0 Å². The summed E-state index contributed by atoms with van der Waals surface area (Å²) in [6.07, 6.45) is 0.454. The van der Waals surface area contributed by atoms with Gasteiger partial charge in [0.1, 0.15) is 0 Å². The second kappa shape index (κ2) is 8.70. The van der Waals surface area contributed by atoms with Gasteiger partial charge in [-0.2, -0.15) is 0 Å². The summed E-state index contributed by atoms with van der Waals surface area (Å²) in [5.41, 5.74) is 0. The van der Waals surface area contributed by atoms with Crippen LogP contribution in [0.4, 0.5) is 0 Å². The summed E-state index contributed by atoms with van der Waals surface area (Å²) < 4.78 is 4.99. The van der Waals surface area contributed by atoms with E-state index in [0.29, 0.717) is 31.0 Å². The molecule has 0 saturated heterocycles. The number of methoxy groups -OCH3 is 1. The van der Waals surface area contributed by atoms with Crippen molar-refractivity contribution in [2.75, 3.05) is 33.4 Å². The number of ether oxygens (including phenoxy) is 1. The first-order chi connectivity index (χ1) is 9.22. The molecule has 0 bridgehead atoms. The number of amides is 1. The zero-order chi connectivity index (χ0) is 14.1. The predicted molar refractivity (Wildman–Crippen MR) is 76.4 cm³/mol. The first-order valence-corrected chi connectivity index (χ1v) is 7.02. The molecule has 104 valence electrons. The Hall–Kier alpha value is -1.35. The molecule has 0 aromatic carbocycles. The standard InChI is InChI=1S/C14H19NO3S/c1-3-15(9-11-18-2)14(17)13-8-7-12(19-13)6-4-5-10-16/h7-8,16H,3,5,9-11H2,1-2H3. The highest BCUT2D eigenvalue weighted by molar-refractivity contribution is 7.14. The van der Waals surface area contributed by atoms with Gasteiger partial charge in [-0.15, -0.1) is 11.3 Å². The predicted octanol–water partition coefficient (Wildman–Crippen LogP) is 1.59. The first-order valence-electron chi connectivity index (χ1n) is 6.20. The maximum absolute atomic E-state index is 12.2. The van der Waals surface area contributed by atoms with Crippen LogP contribution in [-0.2, 0) is 4.74 Å². The van der Waals surface area contributed by atoms with Gasteiger partial charge in [-0.05, 0) is 19.1 Å². The summed E-state index contributed by atoms with van der Waals surface area (Å²) in [4.78, 5) is 15.5. The minimum absolute atomic E-state index is 0.0137. The van der Waals surface area contributed by atoms with Crippen molar-refractivity contribution >= 4 is 17.2 Å². The number of nitrogens with zero attached hydrogens (tertiary/aromatic N) is 1. The van der Waals surface area contributed by atoms with Crippen LogP contribution in [0.25, 0.3) is 0 Å². The minimum atomic E-state index is 0.0137. The maximum Gasteiger partial charge on any atom is 0.264 e. The second-order valence-corrected chi connectivity index (χ2v) is 4.90. The molecule has 0 spiro atoms. The number of thiophene rings is 1. The van der Waals surface area contributed by atoms with E-state index in [1.54, 1.807) is 18.1 Å². The normalized spacial score (nSPS) is 9.84. The van der Waals surface area contributed by atoms with Crippen molar-refractivity contribution in [1.29, 1.82) is 0 Å². The lowest BCUT2D eigenvalue weighted by atomic mass is 10.3. The van der Waals surface area contributed by atoms with Gasteiger partial charge in [0.15, 0.2) is 0 Å². The first kappa shape index (κ1) is 15.7. The SMILES string of the molecule is CCN(CCOC)C(=O)c1ccc(C#CCCO)s1. The monoisotopic (exact) mass is 281 g/mol. The largest absolute Gasteiger partial charge is 0.395 e. The van der Waals surface area contributed by atoms with Gasteiger partial charge in [-0.1, -0.05) is 11.8 Å². The van der Waals surface area contributed by atoms with E-state index in [4.69, 9.17) is 9.84 Å². The Morgan fingerprint density at radius 1 is 1.53 bits per heavy atom. The Morgan fingerprint density at radius 3 is 2.95 bits per heavy atom. The fourth-order valence-corrected chi connectivity index (χ4v) is 2.33. The number of hydrogen-bond acceptors (Lipinski definition) is 4. The average molecular weight is 281 g/mol. The van der Waals surface area contributed by atoms with Crippen molar-refractivity contribution in [1.82, 2.24) is 4.90 Å². The Morgan fingerprint density at radius 2 is 2.32 bits per heavy atom. The van der Waals surface area contributed by atoms with Gasteiger partial charge in [-0.25, -0.2) is 0 Å². The summed E-state index contributed by atoms with van der Waals surface area (Å²) >= 11 is 1.38. The van der Waals surface area contributed by atoms with Crippen LogP contribution < -0.4 is 0 Å². The molecule has 0 fully saturated rings. The number of aliphatic hydroxyl groups is 1. The molecule has 5 heteroatoms. The van der Waals surface area contributed by atoms with Gasteiger partial charge in [0.2, 0.25) is 0 Å². The molecular formula is C14H19NO3S.